The zero-order valence-corrected chi connectivity index (χ0v) is 13.4. The fourth-order valence-corrected chi connectivity index (χ4v) is 3.08. The van der Waals surface area contributed by atoms with E-state index in [1.807, 2.05) is 45.0 Å². The van der Waals surface area contributed by atoms with Crippen LogP contribution in [0.15, 0.2) is 36.4 Å². The number of carbonyl (C=O) groups excluding carboxylic acids is 2. The highest BCUT2D eigenvalue weighted by Gasteiger charge is 2.48. The Morgan fingerprint density at radius 2 is 1.65 bits per heavy atom. The van der Waals surface area contributed by atoms with E-state index in [4.69, 9.17) is 0 Å². The fourth-order valence-electron chi connectivity index (χ4n) is 3.08. The van der Waals surface area contributed by atoms with Crippen LogP contribution in [-0.2, 0) is 10.4 Å². The number of aliphatic hydroxyl groups is 1. The third-order valence-corrected chi connectivity index (χ3v) is 4.44. The van der Waals surface area contributed by atoms with Crippen molar-refractivity contribution in [2.75, 3.05) is 5.32 Å². The molecule has 0 radical (unpaired) electrons. The van der Waals surface area contributed by atoms with E-state index in [2.05, 4.69) is 5.32 Å². The summed E-state index contributed by atoms with van der Waals surface area (Å²) in [6.45, 7) is 5.64. The minimum atomic E-state index is -1.81. The summed E-state index contributed by atoms with van der Waals surface area (Å²) >= 11 is 0. The molecule has 0 saturated heterocycles. The van der Waals surface area contributed by atoms with Crippen molar-refractivity contribution in [3.63, 3.8) is 0 Å². The quantitative estimate of drug-likeness (QED) is 0.857. The van der Waals surface area contributed by atoms with Crippen LogP contribution in [0.5, 0.6) is 0 Å². The van der Waals surface area contributed by atoms with E-state index in [-0.39, 0.29) is 12.2 Å². The van der Waals surface area contributed by atoms with E-state index in [0.29, 0.717) is 16.8 Å². The van der Waals surface area contributed by atoms with E-state index in [0.717, 1.165) is 16.7 Å². The van der Waals surface area contributed by atoms with Gasteiger partial charge in [0.2, 0.25) is 0 Å². The predicted octanol–water partition coefficient (Wildman–Crippen LogP) is 3.02. The van der Waals surface area contributed by atoms with Crippen molar-refractivity contribution in [2.24, 2.45) is 0 Å². The highest BCUT2D eigenvalue weighted by atomic mass is 16.3. The molecule has 0 saturated carbocycles. The minimum absolute atomic E-state index is 0.253. The first kappa shape index (κ1) is 15.4. The molecule has 0 fully saturated rings. The molecule has 3 rings (SSSR count). The number of Topliss-reactive ketones (excluding diaryl/α,β-unsaturated/α-hetero) is 1. The third-order valence-electron chi connectivity index (χ3n) is 4.44. The van der Waals surface area contributed by atoms with Crippen LogP contribution in [0.3, 0.4) is 0 Å². The van der Waals surface area contributed by atoms with Crippen LogP contribution in [0.1, 0.15) is 39.0 Å². The van der Waals surface area contributed by atoms with Crippen molar-refractivity contribution in [1.29, 1.82) is 0 Å². The van der Waals surface area contributed by atoms with Crippen molar-refractivity contribution in [2.45, 2.75) is 32.8 Å². The van der Waals surface area contributed by atoms with Gasteiger partial charge >= 0.3 is 0 Å². The lowest BCUT2D eigenvalue weighted by atomic mass is 9.85. The average molecular weight is 309 g/mol. The second kappa shape index (κ2) is 5.32. The van der Waals surface area contributed by atoms with Crippen LogP contribution >= 0.6 is 0 Å². The summed E-state index contributed by atoms with van der Waals surface area (Å²) < 4.78 is 0. The number of rotatable bonds is 3. The third kappa shape index (κ3) is 2.45. The number of hydrogen-bond donors (Lipinski definition) is 2. The van der Waals surface area contributed by atoms with Crippen molar-refractivity contribution in [3.05, 3.63) is 64.2 Å². The van der Waals surface area contributed by atoms with E-state index >= 15 is 0 Å². The molecule has 1 aliphatic heterocycles. The first-order chi connectivity index (χ1) is 10.8. The number of benzene rings is 2. The lowest BCUT2D eigenvalue weighted by molar-refractivity contribution is -0.133. The van der Waals surface area contributed by atoms with Crippen molar-refractivity contribution in [3.8, 4) is 0 Å². The Morgan fingerprint density at radius 1 is 1.04 bits per heavy atom. The molecule has 1 heterocycles. The van der Waals surface area contributed by atoms with Crippen molar-refractivity contribution < 1.29 is 14.7 Å². The van der Waals surface area contributed by atoms with Gasteiger partial charge in [0.1, 0.15) is 0 Å². The van der Waals surface area contributed by atoms with E-state index in [1.54, 1.807) is 12.1 Å². The smallest absolute Gasteiger partial charge is 0.261 e. The van der Waals surface area contributed by atoms with E-state index in [1.165, 1.54) is 0 Å². The summed E-state index contributed by atoms with van der Waals surface area (Å²) in [7, 11) is 0. The van der Waals surface area contributed by atoms with E-state index in [9.17, 15) is 14.7 Å². The number of fused-ring (bicyclic) bond motifs is 1. The zero-order chi connectivity index (χ0) is 16.8. The van der Waals surface area contributed by atoms with Crippen LogP contribution in [0, 0.1) is 20.8 Å². The standard InChI is InChI=1S/C19H19NO3/c1-11-4-8-14(9-5-11)15(21)10-19(23)16-12(2)6-7-13(3)17(16)20-18(19)22/h4-9,23H,10H2,1-3H3,(H,20,22). The van der Waals surface area contributed by atoms with Crippen LogP contribution in [-0.4, -0.2) is 16.8 Å². The molecular weight excluding hydrogens is 290 g/mol. The minimum Gasteiger partial charge on any atom is -0.375 e. The molecule has 0 aliphatic carbocycles. The first-order valence-corrected chi connectivity index (χ1v) is 7.57. The van der Waals surface area contributed by atoms with Crippen molar-refractivity contribution in [1.82, 2.24) is 0 Å². The number of anilines is 1. The van der Waals surface area contributed by atoms with E-state index < -0.39 is 11.5 Å². The molecule has 0 aromatic heterocycles. The van der Waals surface area contributed by atoms with Crippen LogP contribution in [0.25, 0.3) is 0 Å². The number of nitrogens with one attached hydrogen (secondary N) is 1. The molecule has 1 atom stereocenters. The average Bonchev–Trinajstić information content (AvgIpc) is 2.77. The summed E-state index contributed by atoms with van der Waals surface area (Å²) in [6, 6.07) is 10.9. The molecule has 0 spiro atoms. The van der Waals surface area contributed by atoms with Gasteiger partial charge in [0.25, 0.3) is 5.91 Å². The summed E-state index contributed by atoms with van der Waals surface area (Å²) in [5, 5.41) is 13.7. The van der Waals surface area contributed by atoms with Gasteiger partial charge in [0.15, 0.2) is 11.4 Å². The molecule has 23 heavy (non-hydrogen) atoms. The zero-order valence-electron chi connectivity index (χ0n) is 13.4. The summed E-state index contributed by atoms with van der Waals surface area (Å²) in [4.78, 5) is 24.9. The van der Waals surface area contributed by atoms with Gasteiger partial charge in [-0.25, -0.2) is 0 Å². The Bertz CT molecular complexity index is 808. The molecule has 2 aromatic carbocycles. The fraction of sp³-hybridized carbons (Fsp3) is 0.263. The van der Waals surface area contributed by atoms with Gasteiger partial charge in [-0.2, -0.15) is 0 Å². The molecule has 0 bridgehead atoms. The van der Waals surface area contributed by atoms with Gasteiger partial charge in [-0.3, -0.25) is 9.59 Å². The predicted molar refractivity (Wildman–Crippen MR) is 88.6 cm³/mol. The van der Waals surface area contributed by atoms with Gasteiger partial charge < -0.3 is 10.4 Å². The van der Waals surface area contributed by atoms with Gasteiger partial charge in [-0.15, -0.1) is 0 Å². The normalized spacial score (nSPS) is 19.4. The molecule has 4 heteroatoms. The Balaban J connectivity index is 2.00. The van der Waals surface area contributed by atoms with Crippen molar-refractivity contribution >= 4 is 17.4 Å². The number of ketones is 1. The Labute approximate surface area is 135 Å². The molecule has 2 N–H and O–H groups in total. The molecule has 4 nitrogen and oxygen atoms in total. The Kier molecular flexibility index (Phi) is 3.57. The first-order valence-electron chi connectivity index (χ1n) is 7.57. The molecule has 2 aromatic rings. The Morgan fingerprint density at radius 3 is 2.30 bits per heavy atom. The van der Waals surface area contributed by atoms with Crippen LogP contribution in [0.2, 0.25) is 0 Å². The SMILES string of the molecule is Cc1ccc(C(=O)CC2(O)C(=O)Nc3c(C)ccc(C)c32)cc1. The molecule has 1 unspecified atom stereocenters. The number of carbonyl (C=O) groups is 2. The summed E-state index contributed by atoms with van der Waals surface area (Å²) in [5.74, 6) is -0.790. The summed E-state index contributed by atoms with van der Waals surface area (Å²) in [5.41, 5.74) is 2.54. The monoisotopic (exact) mass is 309 g/mol. The lowest BCUT2D eigenvalue weighted by Gasteiger charge is -2.22. The van der Waals surface area contributed by atoms with Gasteiger partial charge in [0.05, 0.1) is 12.1 Å². The number of amides is 1. The maximum Gasteiger partial charge on any atom is 0.261 e. The lowest BCUT2D eigenvalue weighted by Crippen LogP contribution is -2.37. The largest absolute Gasteiger partial charge is 0.375 e. The number of hydrogen-bond acceptors (Lipinski definition) is 3. The maximum absolute atomic E-state index is 12.5. The van der Waals surface area contributed by atoms with Gasteiger partial charge in [0, 0.05) is 11.1 Å². The Hall–Kier alpha value is -2.46. The highest BCUT2D eigenvalue weighted by molar-refractivity contribution is 6.10. The maximum atomic E-state index is 12.5. The topological polar surface area (TPSA) is 66.4 Å². The molecular formula is C19H19NO3. The van der Waals surface area contributed by atoms with Gasteiger partial charge in [-0.1, -0.05) is 42.0 Å². The number of aryl methyl sites for hydroxylation is 3. The molecule has 1 amide bonds. The van der Waals surface area contributed by atoms with Crippen LogP contribution < -0.4 is 5.32 Å². The second-order valence-electron chi connectivity index (χ2n) is 6.23. The van der Waals surface area contributed by atoms with Gasteiger partial charge in [-0.05, 0) is 31.9 Å². The summed E-state index contributed by atoms with van der Waals surface area (Å²) in [6.07, 6.45) is -0.265. The van der Waals surface area contributed by atoms with Crippen LogP contribution in [0.4, 0.5) is 5.69 Å². The molecule has 118 valence electrons. The second-order valence-corrected chi connectivity index (χ2v) is 6.23. The highest BCUT2D eigenvalue weighted by Crippen LogP contribution is 2.42. The molecule has 1 aliphatic rings.